The third-order valence-electron chi connectivity index (χ3n) is 9.74. The number of carbonyl (C=O) groups is 2. The Morgan fingerprint density at radius 3 is 2.22 bits per heavy atom. The summed E-state index contributed by atoms with van der Waals surface area (Å²) >= 11 is 0. The fraction of sp³-hybridized carbons (Fsp3) is 0.583. The van der Waals surface area contributed by atoms with Crippen molar-refractivity contribution in [2.24, 2.45) is 5.92 Å². The van der Waals surface area contributed by atoms with Crippen molar-refractivity contribution >= 4 is 27.7 Å². The Hall–Kier alpha value is -3.88. The largest absolute Gasteiger partial charge is 0.493 e. The topological polar surface area (TPSA) is 147 Å². The molecule has 50 heavy (non-hydrogen) atoms. The summed E-state index contributed by atoms with van der Waals surface area (Å²) in [5.41, 5.74) is 2.88. The zero-order chi connectivity index (χ0) is 36.2. The molecular formula is C36H51N5O8S. The number of rotatable bonds is 11. The lowest BCUT2D eigenvalue weighted by Crippen LogP contribution is -2.47. The lowest BCUT2D eigenvalue weighted by molar-refractivity contribution is -0.132. The maximum atomic E-state index is 14.1. The predicted octanol–water partition coefficient (Wildman–Crippen LogP) is 3.56. The fourth-order valence-corrected chi connectivity index (χ4v) is 9.07. The van der Waals surface area contributed by atoms with Crippen LogP contribution in [0.1, 0.15) is 70.0 Å². The molecule has 2 N–H and O–H groups in total. The highest BCUT2D eigenvalue weighted by molar-refractivity contribution is 7.86. The van der Waals surface area contributed by atoms with Gasteiger partial charge in [0.2, 0.25) is 23.0 Å². The van der Waals surface area contributed by atoms with Crippen molar-refractivity contribution in [3.05, 3.63) is 45.6 Å². The molecule has 2 amide bonds. The molecule has 2 saturated heterocycles. The lowest BCUT2D eigenvalue weighted by Gasteiger charge is -2.29. The molecule has 13 nitrogen and oxygen atoms in total. The first-order valence-corrected chi connectivity index (χ1v) is 18.9. The molecule has 2 aromatic rings. The maximum absolute atomic E-state index is 14.1. The standard InChI is InChI=1S/C36H51N5O8S/c1-23(2)20-30(36(44)39-14-9-17-41(19-18-39)50(45,46)40-15-7-8-16-40)38-29-13-11-26-27(22-31(29)43)28(37-24(3)42)12-10-25-21-32(47-4)34(48-5)35(49-6)33(25)26/h11,13,21-23,28,30H,7-10,12,14-20H2,1-6H3,(H,37,42)(H,38,43)/t28-,30-/m0/s1. The minimum absolute atomic E-state index is 0.127. The van der Waals surface area contributed by atoms with E-state index in [4.69, 9.17) is 14.2 Å². The van der Waals surface area contributed by atoms with Gasteiger partial charge in [-0.2, -0.15) is 17.0 Å². The molecule has 1 aliphatic carbocycles. The lowest BCUT2D eigenvalue weighted by atomic mass is 9.95. The highest BCUT2D eigenvalue weighted by Crippen LogP contribution is 2.50. The van der Waals surface area contributed by atoms with Gasteiger partial charge in [-0.25, -0.2) is 0 Å². The predicted molar refractivity (Wildman–Crippen MR) is 192 cm³/mol. The number of hydrogen-bond acceptors (Lipinski definition) is 9. The van der Waals surface area contributed by atoms with E-state index in [1.165, 1.54) is 28.7 Å². The van der Waals surface area contributed by atoms with Crippen LogP contribution in [0, 0.1) is 5.92 Å². The quantitative estimate of drug-likeness (QED) is 0.357. The van der Waals surface area contributed by atoms with Crippen molar-refractivity contribution in [2.75, 3.05) is 65.9 Å². The summed E-state index contributed by atoms with van der Waals surface area (Å²) in [7, 11) is 1.07. The van der Waals surface area contributed by atoms with Gasteiger partial charge in [0.25, 0.3) is 10.2 Å². The van der Waals surface area contributed by atoms with Crippen LogP contribution in [0.25, 0.3) is 11.1 Å². The maximum Gasteiger partial charge on any atom is 0.282 e. The minimum Gasteiger partial charge on any atom is -0.493 e. The monoisotopic (exact) mass is 713 g/mol. The minimum atomic E-state index is -3.57. The SMILES string of the molecule is COc1cc2c(c(OC)c1OC)-c1ccc(N[C@@H](CC(C)C)C(=O)N3CCCN(S(=O)(=O)N4CCCC4)CC3)c(=O)cc1[C@@H](NC(C)=O)CC2. The van der Waals surface area contributed by atoms with E-state index >= 15 is 0 Å². The van der Waals surface area contributed by atoms with Crippen molar-refractivity contribution in [2.45, 2.75) is 71.4 Å². The molecule has 0 saturated carbocycles. The highest BCUT2D eigenvalue weighted by atomic mass is 32.2. The summed E-state index contributed by atoms with van der Waals surface area (Å²) in [4.78, 5) is 42.2. The summed E-state index contributed by atoms with van der Waals surface area (Å²) in [5.74, 6) is 1.11. The van der Waals surface area contributed by atoms with Crippen LogP contribution in [-0.4, -0.2) is 100 Å². The molecule has 0 bridgehead atoms. The van der Waals surface area contributed by atoms with Crippen LogP contribution in [0.15, 0.2) is 29.1 Å². The van der Waals surface area contributed by atoms with E-state index in [-0.39, 0.29) is 41.9 Å². The second kappa shape index (κ2) is 16.0. The van der Waals surface area contributed by atoms with E-state index in [0.29, 0.717) is 80.2 Å². The van der Waals surface area contributed by atoms with Gasteiger partial charge in [0.05, 0.1) is 33.1 Å². The number of benzene rings is 1. The van der Waals surface area contributed by atoms with Gasteiger partial charge in [-0.05, 0) is 79.3 Å². The number of ether oxygens (including phenoxy) is 3. The van der Waals surface area contributed by atoms with Gasteiger partial charge in [-0.15, -0.1) is 0 Å². The summed E-state index contributed by atoms with van der Waals surface area (Å²) in [6.45, 7) is 7.81. The smallest absolute Gasteiger partial charge is 0.282 e. The fourth-order valence-electron chi connectivity index (χ4n) is 7.35. The molecule has 0 spiro atoms. The van der Waals surface area contributed by atoms with E-state index < -0.39 is 22.3 Å². The van der Waals surface area contributed by atoms with Crippen LogP contribution in [0.2, 0.25) is 0 Å². The molecule has 2 atom stereocenters. The van der Waals surface area contributed by atoms with Gasteiger partial charge >= 0.3 is 0 Å². The molecule has 2 heterocycles. The van der Waals surface area contributed by atoms with Crippen molar-refractivity contribution in [1.29, 1.82) is 0 Å². The van der Waals surface area contributed by atoms with Crippen LogP contribution < -0.4 is 30.3 Å². The Balaban J connectivity index is 1.50. The number of methoxy groups -OCH3 is 3. The first-order valence-electron chi connectivity index (χ1n) is 17.5. The molecule has 3 aliphatic rings. The van der Waals surface area contributed by atoms with Crippen molar-refractivity contribution < 1.29 is 32.2 Å². The van der Waals surface area contributed by atoms with E-state index in [9.17, 15) is 22.8 Å². The van der Waals surface area contributed by atoms with E-state index in [1.54, 1.807) is 25.2 Å². The second-order valence-corrected chi connectivity index (χ2v) is 15.5. The molecule has 2 aromatic carbocycles. The summed E-state index contributed by atoms with van der Waals surface area (Å²) in [5, 5.41) is 6.30. The Kier molecular flexibility index (Phi) is 12.0. The molecule has 274 valence electrons. The molecule has 0 aromatic heterocycles. The first kappa shape index (κ1) is 37.4. The van der Waals surface area contributed by atoms with Crippen LogP contribution in [0.3, 0.4) is 0 Å². The number of hydrogen-bond donors (Lipinski definition) is 2. The van der Waals surface area contributed by atoms with E-state index in [1.807, 2.05) is 26.0 Å². The number of fused-ring (bicyclic) bond motifs is 3. The van der Waals surface area contributed by atoms with Gasteiger partial charge in [0.15, 0.2) is 11.5 Å². The van der Waals surface area contributed by atoms with Gasteiger partial charge in [-0.3, -0.25) is 14.4 Å². The Morgan fingerprint density at radius 1 is 0.900 bits per heavy atom. The van der Waals surface area contributed by atoms with Gasteiger partial charge in [-0.1, -0.05) is 19.9 Å². The molecule has 2 aliphatic heterocycles. The van der Waals surface area contributed by atoms with Gasteiger partial charge in [0.1, 0.15) is 6.04 Å². The Bertz CT molecular complexity index is 1740. The van der Waals surface area contributed by atoms with Crippen molar-refractivity contribution in [3.8, 4) is 28.4 Å². The zero-order valence-corrected chi connectivity index (χ0v) is 30.9. The average molecular weight is 714 g/mol. The van der Waals surface area contributed by atoms with Gasteiger partial charge < -0.3 is 29.7 Å². The number of carbonyl (C=O) groups excluding carboxylic acids is 2. The van der Waals surface area contributed by atoms with Crippen LogP contribution >= 0.6 is 0 Å². The summed E-state index contributed by atoms with van der Waals surface area (Å²) in [6.07, 6.45) is 3.81. The number of nitrogens with zero attached hydrogens (tertiary/aromatic N) is 3. The molecule has 0 unspecified atom stereocenters. The third kappa shape index (κ3) is 7.87. The highest BCUT2D eigenvalue weighted by Gasteiger charge is 2.35. The number of aryl methyl sites for hydroxylation is 1. The molecule has 2 fully saturated rings. The molecule has 5 rings (SSSR count). The summed E-state index contributed by atoms with van der Waals surface area (Å²) in [6, 6.07) is 5.77. The van der Waals surface area contributed by atoms with E-state index in [2.05, 4.69) is 10.6 Å². The van der Waals surface area contributed by atoms with Crippen molar-refractivity contribution in [3.63, 3.8) is 0 Å². The van der Waals surface area contributed by atoms with E-state index in [0.717, 1.165) is 24.0 Å². The number of amides is 2. The average Bonchev–Trinajstić information content (AvgIpc) is 3.39. The Labute approximate surface area is 295 Å². The second-order valence-electron chi connectivity index (χ2n) is 13.6. The Morgan fingerprint density at radius 2 is 1.58 bits per heavy atom. The molecule has 0 radical (unpaired) electrons. The molecular weight excluding hydrogens is 662 g/mol. The normalized spacial score (nSPS) is 19.1. The third-order valence-corrected chi connectivity index (χ3v) is 11.8. The summed E-state index contributed by atoms with van der Waals surface area (Å²) < 4.78 is 46.8. The van der Waals surface area contributed by atoms with Crippen LogP contribution in [-0.2, 0) is 26.2 Å². The van der Waals surface area contributed by atoms with Crippen LogP contribution in [0.4, 0.5) is 5.69 Å². The van der Waals surface area contributed by atoms with Gasteiger partial charge in [0, 0.05) is 51.8 Å². The number of nitrogens with one attached hydrogen (secondary N) is 2. The molecule has 14 heteroatoms. The zero-order valence-electron chi connectivity index (χ0n) is 30.0. The van der Waals surface area contributed by atoms with Crippen LogP contribution in [0.5, 0.6) is 17.2 Å². The number of anilines is 1. The van der Waals surface area contributed by atoms with Crippen molar-refractivity contribution in [1.82, 2.24) is 18.8 Å². The first-order chi connectivity index (χ1) is 23.9.